The van der Waals surface area contributed by atoms with Gasteiger partial charge >= 0.3 is 5.97 Å². The average Bonchev–Trinajstić information content (AvgIpc) is 2.74. The minimum Gasteiger partial charge on any atom is -0.428 e. The summed E-state index contributed by atoms with van der Waals surface area (Å²) in [6.07, 6.45) is -0.576. The Hall–Kier alpha value is -0.910. The summed E-state index contributed by atoms with van der Waals surface area (Å²) >= 11 is 0. The Bertz CT molecular complexity index is 490. The lowest BCUT2D eigenvalue weighted by Gasteiger charge is -2.34. The molecular formula is C15H22O5. The standard InChI is InChI=1S/C15H22O5/c1-14(2)4-7-9(6-14)15(3,19)5-8-10(11(7)16)13(18)20-12(8)17/h7,9,11-12,16-17,19H,4-6H2,1-3H3. The maximum atomic E-state index is 11.9. The Morgan fingerprint density at radius 2 is 1.85 bits per heavy atom. The van der Waals surface area contributed by atoms with Crippen LogP contribution in [0.4, 0.5) is 0 Å². The third kappa shape index (κ3) is 1.91. The molecule has 0 aromatic rings. The monoisotopic (exact) mass is 282 g/mol. The highest BCUT2D eigenvalue weighted by atomic mass is 16.6. The average molecular weight is 282 g/mol. The molecule has 3 N–H and O–H groups in total. The van der Waals surface area contributed by atoms with E-state index in [0.717, 1.165) is 12.8 Å². The molecule has 5 nitrogen and oxygen atoms in total. The second-order valence-electron chi connectivity index (χ2n) is 7.52. The van der Waals surface area contributed by atoms with Gasteiger partial charge < -0.3 is 20.1 Å². The smallest absolute Gasteiger partial charge is 0.339 e. The molecule has 3 aliphatic rings. The first-order valence-electron chi connectivity index (χ1n) is 7.15. The summed E-state index contributed by atoms with van der Waals surface area (Å²) in [5.74, 6) is -0.912. The first-order valence-corrected chi connectivity index (χ1v) is 7.15. The molecule has 5 heteroatoms. The maximum absolute atomic E-state index is 11.9. The van der Waals surface area contributed by atoms with E-state index in [2.05, 4.69) is 13.8 Å². The van der Waals surface area contributed by atoms with Gasteiger partial charge in [0.05, 0.1) is 17.3 Å². The van der Waals surface area contributed by atoms with Crippen molar-refractivity contribution < 1.29 is 24.9 Å². The van der Waals surface area contributed by atoms with Crippen molar-refractivity contribution in [3.63, 3.8) is 0 Å². The number of carbonyl (C=O) groups excluding carboxylic acids is 1. The molecule has 5 atom stereocenters. The number of cyclic esters (lactones) is 1. The van der Waals surface area contributed by atoms with Gasteiger partial charge in [0.2, 0.25) is 6.29 Å². The quantitative estimate of drug-likeness (QED) is 0.570. The van der Waals surface area contributed by atoms with E-state index in [1.54, 1.807) is 6.92 Å². The molecule has 1 fully saturated rings. The number of carbonyl (C=O) groups is 1. The summed E-state index contributed by atoms with van der Waals surface area (Å²) in [7, 11) is 0. The largest absolute Gasteiger partial charge is 0.428 e. The number of fused-ring (bicyclic) bond motifs is 1. The lowest BCUT2D eigenvalue weighted by molar-refractivity contribution is -0.154. The van der Waals surface area contributed by atoms with Gasteiger partial charge in [-0.15, -0.1) is 0 Å². The van der Waals surface area contributed by atoms with Crippen LogP contribution in [0.25, 0.3) is 0 Å². The van der Waals surface area contributed by atoms with Crippen LogP contribution in [-0.4, -0.2) is 39.3 Å². The van der Waals surface area contributed by atoms with E-state index in [-0.39, 0.29) is 29.2 Å². The van der Waals surface area contributed by atoms with Gasteiger partial charge in [-0.2, -0.15) is 0 Å². The highest BCUT2D eigenvalue weighted by molar-refractivity contribution is 5.93. The third-order valence-electron chi connectivity index (χ3n) is 5.21. The minimum atomic E-state index is -1.33. The van der Waals surface area contributed by atoms with Crippen molar-refractivity contribution in [2.24, 2.45) is 17.3 Å². The molecule has 0 radical (unpaired) electrons. The maximum Gasteiger partial charge on any atom is 0.339 e. The van der Waals surface area contributed by atoms with E-state index in [1.807, 2.05) is 0 Å². The lowest BCUT2D eigenvalue weighted by Crippen LogP contribution is -2.40. The van der Waals surface area contributed by atoms with Crippen LogP contribution in [0.15, 0.2) is 11.1 Å². The fraction of sp³-hybridized carbons (Fsp3) is 0.800. The molecule has 0 aromatic heterocycles. The molecule has 3 rings (SSSR count). The van der Waals surface area contributed by atoms with Gasteiger partial charge in [0.25, 0.3) is 0 Å². The molecule has 0 spiro atoms. The Labute approximate surface area is 118 Å². The zero-order chi connectivity index (χ0) is 14.9. The van der Waals surface area contributed by atoms with Crippen LogP contribution in [0.3, 0.4) is 0 Å². The number of ether oxygens (including phenoxy) is 1. The van der Waals surface area contributed by atoms with Crippen molar-refractivity contribution in [1.82, 2.24) is 0 Å². The SMILES string of the molecule is CC1(C)CC2C(O)C3=C(CC(C)(O)C2C1)C(O)OC3=O. The van der Waals surface area contributed by atoms with E-state index < -0.39 is 24.0 Å². The number of aliphatic hydroxyl groups excluding tert-OH is 2. The molecule has 112 valence electrons. The lowest BCUT2D eigenvalue weighted by atomic mass is 9.78. The van der Waals surface area contributed by atoms with Crippen LogP contribution in [-0.2, 0) is 9.53 Å². The van der Waals surface area contributed by atoms with Crippen LogP contribution in [0.2, 0.25) is 0 Å². The predicted molar refractivity (Wildman–Crippen MR) is 70.4 cm³/mol. The molecule has 20 heavy (non-hydrogen) atoms. The molecule has 5 unspecified atom stereocenters. The van der Waals surface area contributed by atoms with Gasteiger partial charge in [-0.25, -0.2) is 4.79 Å². The highest BCUT2D eigenvalue weighted by Crippen LogP contribution is 2.55. The van der Waals surface area contributed by atoms with Crippen LogP contribution in [0, 0.1) is 17.3 Å². The number of rotatable bonds is 0. The van der Waals surface area contributed by atoms with Gasteiger partial charge in [0, 0.05) is 12.0 Å². The highest BCUT2D eigenvalue weighted by Gasteiger charge is 2.56. The van der Waals surface area contributed by atoms with E-state index in [1.165, 1.54) is 0 Å². The molecule has 0 aromatic carbocycles. The van der Waals surface area contributed by atoms with Crippen molar-refractivity contribution in [1.29, 1.82) is 0 Å². The van der Waals surface area contributed by atoms with Gasteiger partial charge in [0.1, 0.15) is 0 Å². The van der Waals surface area contributed by atoms with E-state index in [0.29, 0.717) is 5.57 Å². The van der Waals surface area contributed by atoms with Crippen molar-refractivity contribution in [2.45, 2.75) is 58.0 Å². The van der Waals surface area contributed by atoms with E-state index >= 15 is 0 Å². The van der Waals surface area contributed by atoms with Crippen LogP contribution >= 0.6 is 0 Å². The molecular weight excluding hydrogens is 260 g/mol. The summed E-state index contributed by atoms with van der Waals surface area (Å²) < 4.78 is 4.80. The summed E-state index contributed by atoms with van der Waals surface area (Å²) in [6.45, 7) is 5.95. The van der Waals surface area contributed by atoms with E-state index in [4.69, 9.17) is 4.74 Å². The molecule has 0 amide bonds. The molecule has 0 bridgehead atoms. The Kier molecular flexibility index (Phi) is 2.85. The molecule has 0 saturated heterocycles. The normalized spacial score (nSPS) is 46.8. The fourth-order valence-corrected chi connectivity index (χ4v) is 4.35. The van der Waals surface area contributed by atoms with Gasteiger partial charge in [-0.1, -0.05) is 13.8 Å². The van der Waals surface area contributed by atoms with Gasteiger partial charge in [-0.05, 0) is 37.0 Å². The molecule has 2 aliphatic carbocycles. The number of esters is 1. The minimum absolute atomic E-state index is 0.0273. The fourth-order valence-electron chi connectivity index (χ4n) is 4.35. The summed E-state index contributed by atoms with van der Waals surface area (Å²) in [6, 6.07) is 0. The Balaban J connectivity index is 2.07. The molecule has 1 saturated carbocycles. The zero-order valence-corrected chi connectivity index (χ0v) is 12.1. The Morgan fingerprint density at radius 1 is 1.20 bits per heavy atom. The number of hydrogen-bond acceptors (Lipinski definition) is 5. The summed E-state index contributed by atoms with van der Waals surface area (Å²) in [5.41, 5.74) is -0.506. The Morgan fingerprint density at radius 3 is 2.50 bits per heavy atom. The van der Waals surface area contributed by atoms with Crippen LogP contribution < -0.4 is 0 Å². The van der Waals surface area contributed by atoms with Gasteiger partial charge in [0.15, 0.2) is 0 Å². The van der Waals surface area contributed by atoms with E-state index in [9.17, 15) is 20.1 Å². The van der Waals surface area contributed by atoms with Crippen molar-refractivity contribution in [3.8, 4) is 0 Å². The summed E-state index contributed by atoms with van der Waals surface area (Å²) in [4.78, 5) is 11.9. The predicted octanol–water partition coefficient (Wildman–Crippen LogP) is 0.726. The summed E-state index contributed by atoms with van der Waals surface area (Å²) in [5, 5.41) is 31.2. The zero-order valence-electron chi connectivity index (χ0n) is 12.1. The first kappa shape index (κ1) is 14.0. The first-order chi connectivity index (χ1) is 9.12. The van der Waals surface area contributed by atoms with Crippen LogP contribution in [0.5, 0.6) is 0 Å². The molecule has 1 aliphatic heterocycles. The second kappa shape index (κ2) is 4.06. The number of hydrogen-bond donors (Lipinski definition) is 3. The number of aliphatic hydroxyl groups is 3. The van der Waals surface area contributed by atoms with Crippen molar-refractivity contribution in [3.05, 3.63) is 11.1 Å². The third-order valence-corrected chi connectivity index (χ3v) is 5.21. The van der Waals surface area contributed by atoms with Crippen LogP contribution in [0.1, 0.15) is 40.0 Å². The second-order valence-corrected chi connectivity index (χ2v) is 7.52. The topological polar surface area (TPSA) is 87.0 Å². The van der Waals surface area contributed by atoms with Crippen molar-refractivity contribution >= 4 is 5.97 Å². The van der Waals surface area contributed by atoms with Gasteiger partial charge in [-0.3, -0.25) is 0 Å². The van der Waals surface area contributed by atoms with Crippen molar-refractivity contribution in [2.75, 3.05) is 0 Å². The molecule has 1 heterocycles.